The number of Topliss-reactive ketones (excluding diaryl/α,β-unsaturated/α-hetero) is 1. The van der Waals surface area contributed by atoms with Crippen molar-refractivity contribution in [2.45, 2.75) is 13.8 Å². The average molecular weight is 408 g/mol. The molecule has 6 heteroatoms. The summed E-state index contributed by atoms with van der Waals surface area (Å²) in [6.07, 6.45) is 0. The van der Waals surface area contributed by atoms with E-state index in [-0.39, 0.29) is 24.8 Å². The summed E-state index contributed by atoms with van der Waals surface area (Å²) in [5.74, 6) is -0.521. The van der Waals surface area contributed by atoms with Crippen LogP contribution in [0.1, 0.15) is 36.0 Å². The minimum Gasteiger partial charge on any atom is -0.482 e. The second kappa shape index (κ2) is 9.30. The number of thiophene rings is 1. The molecule has 1 heterocycles. The molecule has 0 bridgehead atoms. The summed E-state index contributed by atoms with van der Waals surface area (Å²) in [5.41, 5.74) is 1.71. The molecule has 1 aromatic heterocycles. The van der Waals surface area contributed by atoms with Gasteiger partial charge in [-0.15, -0.1) is 11.3 Å². The fraction of sp³-hybridized carbons (Fsp3) is 0.174. The number of carbonyl (C=O) groups is 3. The lowest BCUT2D eigenvalue weighted by Crippen LogP contribution is -2.19. The summed E-state index contributed by atoms with van der Waals surface area (Å²) in [6.45, 7) is 3.15. The lowest BCUT2D eigenvalue weighted by Gasteiger charge is -2.07. The van der Waals surface area contributed by atoms with Crippen molar-refractivity contribution in [3.63, 3.8) is 0 Å². The Morgan fingerprint density at radius 1 is 0.862 bits per heavy atom. The highest BCUT2D eigenvalue weighted by Gasteiger charge is 2.15. The van der Waals surface area contributed by atoms with Gasteiger partial charge in [0.1, 0.15) is 5.75 Å². The van der Waals surface area contributed by atoms with Crippen molar-refractivity contribution in [2.75, 3.05) is 13.2 Å². The molecule has 0 aliphatic carbocycles. The van der Waals surface area contributed by atoms with Gasteiger partial charge in [-0.1, -0.05) is 30.3 Å². The molecule has 0 fully saturated rings. The van der Waals surface area contributed by atoms with Gasteiger partial charge in [0.05, 0.1) is 0 Å². The Morgan fingerprint density at radius 3 is 2.14 bits per heavy atom. The van der Waals surface area contributed by atoms with Crippen molar-refractivity contribution in [2.24, 2.45) is 0 Å². The van der Waals surface area contributed by atoms with Crippen molar-refractivity contribution in [3.05, 3.63) is 87.1 Å². The van der Waals surface area contributed by atoms with Gasteiger partial charge >= 0.3 is 5.97 Å². The van der Waals surface area contributed by atoms with Crippen molar-refractivity contribution < 1.29 is 23.9 Å². The maximum Gasteiger partial charge on any atom is 0.344 e. The lowest BCUT2D eigenvalue weighted by molar-refractivity contribution is -0.144. The van der Waals surface area contributed by atoms with Crippen LogP contribution in [0.5, 0.6) is 5.75 Å². The molecule has 2 aromatic carbocycles. The Balaban J connectivity index is 1.48. The van der Waals surface area contributed by atoms with E-state index in [0.717, 1.165) is 9.75 Å². The third-order valence-electron chi connectivity index (χ3n) is 4.21. The van der Waals surface area contributed by atoms with Crippen LogP contribution < -0.4 is 4.74 Å². The van der Waals surface area contributed by atoms with Crippen molar-refractivity contribution >= 4 is 28.9 Å². The van der Waals surface area contributed by atoms with Gasteiger partial charge in [-0.3, -0.25) is 9.59 Å². The maximum absolute atomic E-state index is 12.4. The Kier molecular flexibility index (Phi) is 6.57. The van der Waals surface area contributed by atoms with Gasteiger partial charge in [0.25, 0.3) is 0 Å². The van der Waals surface area contributed by atoms with Gasteiger partial charge in [-0.25, -0.2) is 4.79 Å². The van der Waals surface area contributed by atoms with Crippen molar-refractivity contribution in [3.8, 4) is 5.75 Å². The van der Waals surface area contributed by atoms with E-state index in [1.165, 1.54) is 11.3 Å². The van der Waals surface area contributed by atoms with E-state index >= 15 is 0 Å². The van der Waals surface area contributed by atoms with Crippen LogP contribution in [0.15, 0.2) is 60.7 Å². The summed E-state index contributed by atoms with van der Waals surface area (Å²) in [6, 6.07) is 17.3. The average Bonchev–Trinajstić information content (AvgIpc) is 3.09. The van der Waals surface area contributed by atoms with Gasteiger partial charge in [0, 0.05) is 26.4 Å². The molecular formula is C23H20O5S. The first-order chi connectivity index (χ1) is 13.9. The molecule has 0 saturated carbocycles. The molecule has 3 rings (SSSR count). The fourth-order valence-corrected chi connectivity index (χ4v) is 3.72. The van der Waals surface area contributed by atoms with Crippen LogP contribution in [0.25, 0.3) is 0 Å². The predicted octanol–water partition coefficient (Wildman–Crippen LogP) is 4.40. The molecule has 0 aliphatic rings. The summed E-state index contributed by atoms with van der Waals surface area (Å²) in [5, 5.41) is 0. The molecule has 0 amide bonds. The van der Waals surface area contributed by atoms with E-state index in [0.29, 0.717) is 22.4 Å². The van der Waals surface area contributed by atoms with Gasteiger partial charge in [0.15, 0.2) is 19.0 Å². The fourth-order valence-electron chi connectivity index (χ4n) is 2.77. The highest BCUT2D eigenvalue weighted by Crippen LogP contribution is 2.21. The monoisotopic (exact) mass is 408 g/mol. The number of hydrogen-bond acceptors (Lipinski definition) is 6. The summed E-state index contributed by atoms with van der Waals surface area (Å²) in [4.78, 5) is 38.3. The number of rotatable bonds is 8. The number of benzene rings is 2. The van der Waals surface area contributed by atoms with Crippen LogP contribution in [-0.4, -0.2) is 30.7 Å². The third kappa shape index (κ3) is 5.39. The topological polar surface area (TPSA) is 69.7 Å². The van der Waals surface area contributed by atoms with Crippen LogP contribution in [-0.2, 0) is 9.53 Å². The standard InChI is InChI=1S/C23H20O5S/c1-15-12-20(16(2)29-15)21(24)13-28-22(25)14-27-19-10-8-18(9-11-19)23(26)17-6-4-3-5-7-17/h3-12H,13-14H2,1-2H3. The molecule has 0 N–H and O–H groups in total. The van der Waals surface area contributed by atoms with Crippen LogP contribution in [0.2, 0.25) is 0 Å². The Labute approximate surface area is 172 Å². The van der Waals surface area contributed by atoms with Crippen molar-refractivity contribution in [1.29, 1.82) is 0 Å². The number of ketones is 2. The summed E-state index contributed by atoms with van der Waals surface area (Å²) < 4.78 is 10.4. The van der Waals surface area contributed by atoms with Gasteiger partial charge < -0.3 is 9.47 Å². The molecule has 29 heavy (non-hydrogen) atoms. The molecule has 0 atom stereocenters. The van der Waals surface area contributed by atoms with E-state index in [4.69, 9.17) is 9.47 Å². The van der Waals surface area contributed by atoms with E-state index in [1.807, 2.05) is 32.0 Å². The first-order valence-electron chi connectivity index (χ1n) is 9.02. The first kappa shape index (κ1) is 20.5. The molecular weight excluding hydrogens is 388 g/mol. The van der Waals surface area contributed by atoms with Gasteiger partial charge in [-0.05, 0) is 44.2 Å². The van der Waals surface area contributed by atoms with Crippen LogP contribution in [0.3, 0.4) is 0 Å². The third-order valence-corrected chi connectivity index (χ3v) is 5.18. The Bertz CT molecular complexity index is 1020. The highest BCUT2D eigenvalue weighted by atomic mass is 32.1. The molecule has 0 unspecified atom stereocenters. The summed E-state index contributed by atoms with van der Waals surface area (Å²) in [7, 11) is 0. The van der Waals surface area contributed by atoms with E-state index in [9.17, 15) is 14.4 Å². The van der Waals surface area contributed by atoms with Crippen LogP contribution in [0.4, 0.5) is 0 Å². The van der Waals surface area contributed by atoms with E-state index < -0.39 is 5.97 Å². The van der Waals surface area contributed by atoms with Gasteiger partial charge in [-0.2, -0.15) is 0 Å². The Morgan fingerprint density at radius 2 is 1.52 bits per heavy atom. The first-order valence-corrected chi connectivity index (χ1v) is 9.84. The van der Waals surface area contributed by atoms with Gasteiger partial charge in [0.2, 0.25) is 5.78 Å². The smallest absolute Gasteiger partial charge is 0.344 e. The molecule has 0 spiro atoms. The number of carbonyl (C=O) groups excluding carboxylic acids is 3. The second-order valence-electron chi connectivity index (χ2n) is 6.42. The number of ether oxygens (including phenoxy) is 2. The Hall–Kier alpha value is -3.25. The molecule has 3 aromatic rings. The minimum atomic E-state index is -0.632. The zero-order valence-electron chi connectivity index (χ0n) is 16.1. The number of aryl methyl sites for hydroxylation is 2. The molecule has 0 saturated heterocycles. The van der Waals surface area contributed by atoms with Crippen molar-refractivity contribution in [1.82, 2.24) is 0 Å². The maximum atomic E-state index is 12.4. The molecule has 148 valence electrons. The van der Waals surface area contributed by atoms with Crippen LogP contribution >= 0.6 is 11.3 Å². The zero-order chi connectivity index (χ0) is 20.8. The second-order valence-corrected chi connectivity index (χ2v) is 7.88. The molecule has 5 nitrogen and oxygen atoms in total. The minimum absolute atomic E-state index is 0.0889. The summed E-state index contributed by atoms with van der Waals surface area (Å²) >= 11 is 1.53. The quantitative estimate of drug-likeness (QED) is 0.408. The van der Waals surface area contributed by atoms with E-state index in [2.05, 4.69) is 0 Å². The van der Waals surface area contributed by atoms with E-state index in [1.54, 1.807) is 42.5 Å². The largest absolute Gasteiger partial charge is 0.482 e. The number of hydrogen-bond donors (Lipinski definition) is 0. The normalized spacial score (nSPS) is 10.4. The number of esters is 1. The predicted molar refractivity (Wildman–Crippen MR) is 111 cm³/mol. The SMILES string of the molecule is Cc1cc(C(=O)COC(=O)COc2ccc(C(=O)c3ccccc3)cc2)c(C)s1. The highest BCUT2D eigenvalue weighted by molar-refractivity contribution is 7.12. The lowest BCUT2D eigenvalue weighted by atomic mass is 10.0. The molecule has 0 aliphatic heterocycles. The van der Waals surface area contributed by atoms with Crippen LogP contribution in [0, 0.1) is 13.8 Å². The zero-order valence-corrected chi connectivity index (χ0v) is 17.0. The molecule has 0 radical (unpaired) electrons.